The van der Waals surface area contributed by atoms with Gasteiger partial charge in [0.1, 0.15) is 10.6 Å². The minimum atomic E-state index is -5.12. The molecule has 2 aromatic carbocycles. The maximum absolute atomic E-state index is 13.1. The van der Waals surface area contributed by atoms with Crippen molar-refractivity contribution in [3.63, 3.8) is 0 Å². The van der Waals surface area contributed by atoms with Gasteiger partial charge < -0.3 is 4.74 Å². The van der Waals surface area contributed by atoms with E-state index in [1.807, 2.05) is 4.72 Å². The van der Waals surface area contributed by atoms with Crippen molar-refractivity contribution >= 4 is 10.0 Å². The SMILES string of the molecule is O=S(=O)(NCc1cc(F)c(F)c(F)c1)c1ccccc1OC(F)(F)F. The van der Waals surface area contributed by atoms with Gasteiger partial charge >= 0.3 is 6.36 Å². The summed E-state index contributed by atoms with van der Waals surface area (Å²) >= 11 is 0. The van der Waals surface area contributed by atoms with Crippen LogP contribution in [0.15, 0.2) is 41.3 Å². The van der Waals surface area contributed by atoms with Crippen molar-refractivity contribution in [3.05, 3.63) is 59.4 Å². The van der Waals surface area contributed by atoms with Gasteiger partial charge in [-0.15, -0.1) is 13.2 Å². The third kappa shape index (κ3) is 4.86. The quantitative estimate of drug-likeness (QED) is 0.633. The Morgan fingerprint density at radius 2 is 1.56 bits per heavy atom. The van der Waals surface area contributed by atoms with E-state index >= 15 is 0 Å². The molecule has 4 nitrogen and oxygen atoms in total. The summed E-state index contributed by atoms with van der Waals surface area (Å²) in [5.41, 5.74) is -0.269. The fourth-order valence-electron chi connectivity index (χ4n) is 1.85. The highest BCUT2D eigenvalue weighted by molar-refractivity contribution is 7.89. The first-order valence-electron chi connectivity index (χ1n) is 6.47. The topological polar surface area (TPSA) is 55.4 Å². The molecule has 0 atom stereocenters. The maximum Gasteiger partial charge on any atom is 0.573 e. The number of benzene rings is 2. The molecule has 0 fully saturated rings. The van der Waals surface area contributed by atoms with E-state index in [1.165, 1.54) is 0 Å². The van der Waals surface area contributed by atoms with E-state index in [0.717, 1.165) is 24.3 Å². The van der Waals surface area contributed by atoms with Crippen LogP contribution in [-0.4, -0.2) is 14.8 Å². The van der Waals surface area contributed by atoms with E-state index in [0.29, 0.717) is 12.1 Å². The van der Waals surface area contributed by atoms with Gasteiger partial charge in [0.25, 0.3) is 0 Å². The van der Waals surface area contributed by atoms with Crippen LogP contribution in [0.5, 0.6) is 5.75 Å². The number of rotatable bonds is 5. The van der Waals surface area contributed by atoms with Crippen LogP contribution in [0, 0.1) is 17.5 Å². The molecule has 0 unspecified atom stereocenters. The second kappa shape index (κ2) is 6.92. The normalized spacial score (nSPS) is 12.2. The summed E-state index contributed by atoms with van der Waals surface area (Å²) in [5, 5.41) is 0. The number of alkyl halides is 3. The van der Waals surface area contributed by atoms with Crippen LogP contribution >= 0.6 is 0 Å². The lowest BCUT2D eigenvalue weighted by molar-refractivity contribution is -0.275. The second-order valence-electron chi connectivity index (χ2n) is 4.69. The van der Waals surface area contributed by atoms with Crippen molar-refractivity contribution in [3.8, 4) is 5.75 Å². The van der Waals surface area contributed by atoms with Gasteiger partial charge in [0.05, 0.1) is 0 Å². The van der Waals surface area contributed by atoms with E-state index < -0.39 is 51.0 Å². The van der Waals surface area contributed by atoms with Crippen molar-refractivity contribution in [2.75, 3.05) is 0 Å². The van der Waals surface area contributed by atoms with Crippen LogP contribution in [-0.2, 0) is 16.6 Å². The largest absolute Gasteiger partial charge is 0.573 e. The first kappa shape index (κ1) is 19.1. The van der Waals surface area contributed by atoms with Gasteiger partial charge in [0.2, 0.25) is 10.0 Å². The number of para-hydroxylation sites is 1. The third-order valence-corrected chi connectivity index (χ3v) is 4.31. The zero-order valence-electron chi connectivity index (χ0n) is 12.1. The summed E-state index contributed by atoms with van der Waals surface area (Å²) in [6.07, 6.45) is -5.12. The first-order chi connectivity index (χ1) is 11.5. The zero-order valence-corrected chi connectivity index (χ0v) is 12.9. The lowest BCUT2D eigenvalue weighted by atomic mass is 10.2. The molecule has 2 rings (SSSR count). The van der Waals surface area contributed by atoms with Gasteiger partial charge in [-0.2, -0.15) is 0 Å². The lowest BCUT2D eigenvalue weighted by Crippen LogP contribution is -2.25. The number of halogens is 6. The molecule has 0 aliphatic carbocycles. The van der Waals surface area contributed by atoms with Crippen molar-refractivity contribution in [1.82, 2.24) is 4.72 Å². The van der Waals surface area contributed by atoms with Crippen LogP contribution in [0.4, 0.5) is 26.3 Å². The third-order valence-electron chi connectivity index (χ3n) is 2.87. The fraction of sp³-hybridized carbons (Fsp3) is 0.143. The molecule has 0 bridgehead atoms. The predicted octanol–water partition coefficient (Wildman–Crippen LogP) is 3.48. The van der Waals surface area contributed by atoms with Gasteiger partial charge in [0.15, 0.2) is 17.5 Å². The van der Waals surface area contributed by atoms with Gasteiger partial charge in [-0.1, -0.05) is 12.1 Å². The highest BCUT2D eigenvalue weighted by atomic mass is 32.2. The highest BCUT2D eigenvalue weighted by Gasteiger charge is 2.33. The molecular weight excluding hydrogens is 376 g/mol. The van der Waals surface area contributed by atoms with Crippen molar-refractivity contribution < 1.29 is 39.5 Å². The number of hydrogen-bond donors (Lipinski definition) is 1. The minimum Gasteiger partial charge on any atom is -0.404 e. The predicted molar refractivity (Wildman–Crippen MR) is 73.5 cm³/mol. The van der Waals surface area contributed by atoms with Crippen LogP contribution in [0.3, 0.4) is 0 Å². The van der Waals surface area contributed by atoms with E-state index in [-0.39, 0.29) is 5.56 Å². The first-order valence-corrected chi connectivity index (χ1v) is 7.96. The smallest absolute Gasteiger partial charge is 0.404 e. The number of ether oxygens (including phenoxy) is 1. The average molecular weight is 385 g/mol. The molecule has 11 heteroatoms. The molecule has 25 heavy (non-hydrogen) atoms. The molecule has 0 amide bonds. The zero-order chi connectivity index (χ0) is 18.8. The molecule has 0 saturated carbocycles. The van der Waals surface area contributed by atoms with Crippen LogP contribution in [0.2, 0.25) is 0 Å². The number of hydrogen-bond acceptors (Lipinski definition) is 3. The summed E-state index contributed by atoms with van der Waals surface area (Å²) in [7, 11) is -4.51. The van der Waals surface area contributed by atoms with Gasteiger partial charge in [0, 0.05) is 6.54 Å². The second-order valence-corrected chi connectivity index (χ2v) is 6.43. The van der Waals surface area contributed by atoms with Crippen molar-refractivity contribution in [2.24, 2.45) is 0 Å². The molecule has 0 saturated heterocycles. The van der Waals surface area contributed by atoms with Crippen LogP contribution < -0.4 is 9.46 Å². The van der Waals surface area contributed by atoms with Gasteiger partial charge in [-0.25, -0.2) is 26.3 Å². The van der Waals surface area contributed by atoms with Crippen molar-refractivity contribution in [1.29, 1.82) is 0 Å². The molecule has 136 valence electrons. The Labute approximate surface area is 138 Å². The van der Waals surface area contributed by atoms with Gasteiger partial charge in [-0.05, 0) is 29.8 Å². The molecule has 1 N–H and O–H groups in total. The Morgan fingerprint density at radius 1 is 1.00 bits per heavy atom. The standard InChI is InChI=1S/C14H9F6NO3S/c15-9-5-8(6-10(16)13(9)17)7-21-25(22,23)12-4-2-1-3-11(12)24-14(18,19)20/h1-6,21H,7H2. The van der Waals surface area contributed by atoms with Crippen molar-refractivity contribution in [2.45, 2.75) is 17.8 Å². The van der Waals surface area contributed by atoms with E-state index in [4.69, 9.17) is 0 Å². The minimum absolute atomic E-state index is 0.269. The maximum atomic E-state index is 13.1. The summed E-state index contributed by atoms with van der Waals surface area (Å²) in [5.74, 6) is -5.76. The lowest BCUT2D eigenvalue weighted by Gasteiger charge is -2.14. The Balaban J connectivity index is 2.26. The Bertz CT molecular complexity index is 859. The summed E-state index contributed by atoms with van der Waals surface area (Å²) in [4.78, 5) is -0.824. The van der Waals surface area contributed by atoms with E-state index in [1.54, 1.807) is 0 Å². The fourth-order valence-corrected chi connectivity index (χ4v) is 2.99. The van der Waals surface area contributed by atoms with E-state index in [9.17, 15) is 34.8 Å². The molecule has 0 radical (unpaired) electrons. The van der Waals surface area contributed by atoms with E-state index in [2.05, 4.69) is 4.74 Å². The monoisotopic (exact) mass is 385 g/mol. The van der Waals surface area contributed by atoms with Crippen LogP contribution in [0.25, 0.3) is 0 Å². The summed E-state index contributed by atoms with van der Waals surface area (Å²) in [6.45, 7) is -0.684. The number of sulfonamides is 1. The summed E-state index contributed by atoms with van der Waals surface area (Å²) < 4.78 is 106. The summed E-state index contributed by atoms with van der Waals surface area (Å²) in [6, 6.07) is 5.05. The molecule has 0 aliphatic heterocycles. The molecule has 0 aromatic heterocycles. The molecular formula is C14H9F6NO3S. The average Bonchev–Trinajstić information content (AvgIpc) is 2.49. The Kier molecular flexibility index (Phi) is 5.28. The molecule has 0 heterocycles. The van der Waals surface area contributed by atoms with Crippen LogP contribution in [0.1, 0.15) is 5.56 Å². The molecule has 2 aromatic rings. The number of nitrogens with one attached hydrogen (secondary N) is 1. The Morgan fingerprint density at radius 3 is 2.12 bits per heavy atom. The van der Waals surface area contributed by atoms with Gasteiger partial charge in [-0.3, -0.25) is 0 Å². The Hall–Kier alpha value is -2.27. The highest BCUT2D eigenvalue weighted by Crippen LogP contribution is 2.29. The molecule has 0 aliphatic rings. The molecule has 0 spiro atoms.